The normalized spacial score (nSPS) is 15.0. The minimum atomic E-state index is -0.265. The van der Waals surface area contributed by atoms with E-state index >= 15 is 0 Å². The van der Waals surface area contributed by atoms with Gasteiger partial charge in [-0.2, -0.15) is 0 Å². The Labute approximate surface area is 172 Å². The molecule has 6 rings (SSSR count). The summed E-state index contributed by atoms with van der Waals surface area (Å²) >= 11 is 3.73. The van der Waals surface area contributed by atoms with Crippen molar-refractivity contribution in [1.29, 1.82) is 0 Å². The smallest absolute Gasteiger partial charge is 0.131 e. The predicted octanol–water partition coefficient (Wildman–Crippen LogP) is 7.11. The Balaban J connectivity index is 1.79. The summed E-state index contributed by atoms with van der Waals surface area (Å²) < 4.78 is 7.43. The number of ether oxygens (including phenoxy) is 1. The van der Waals surface area contributed by atoms with Crippen LogP contribution < -0.4 is 4.74 Å². The second-order valence-electron chi connectivity index (χ2n) is 7.52. The molecule has 2 heteroatoms. The van der Waals surface area contributed by atoms with Crippen molar-refractivity contribution in [2.24, 2.45) is 0 Å². The molecule has 0 saturated heterocycles. The SMILES string of the molecule is Brc1ccc2c(c1)C1(Cc3ccccc3-2)c2ccccc2Oc2ccccc21. The average Bonchev–Trinajstić information content (AvgIpc) is 2.74. The van der Waals surface area contributed by atoms with Crippen LogP contribution >= 0.6 is 15.9 Å². The van der Waals surface area contributed by atoms with Gasteiger partial charge in [-0.1, -0.05) is 82.7 Å². The Hall–Kier alpha value is -2.84. The molecule has 0 saturated carbocycles. The molecule has 2 aliphatic rings. The maximum atomic E-state index is 6.33. The average molecular weight is 425 g/mol. The molecule has 28 heavy (non-hydrogen) atoms. The van der Waals surface area contributed by atoms with Crippen molar-refractivity contribution in [3.63, 3.8) is 0 Å². The third-order valence-corrected chi connectivity index (χ3v) is 6.61. The largest absolute Gasteiger partial charge is 0.457 e. The van der Waals surface area contributed by atoms with Crippen LogP contribution in [0.1, 0.15) is 22.3 Å². The fourth-order valence-electron chi connectivity index (χ4n) is 4.98. The molecule has 1 nitrogen and oxygen atoms in total. The number of para-hydroxylation sites is 2. The van der Waals surface area contributed by atoms with E-state index < -0.39 is 0 Å². The van der Waals surface area contributed by atoms with Gasteiger partial charge in [-0.15, -0.1) is 0 Å². The predicted molar refractivity (Wildman–Crippen MR) is 116 cm³/mol. The van der Waals surface area contributed by atoms with Crippen molar-refractivity contribution < 1.29 is 4.74 Å². The Morgan fingerprint density at radius 2 is 1.29 bits per heavy atom. The van der Waals surface area contributed by atoms with Gasteiger partial charge in [0.2, 0.25) is 0 Å². The zero-order valence-electron chi connectivity index (χ0n) is 15.2. The fourth-order valence-corrected chi connectivity index (χ4v) is 5.34. The van der Waals surface area contributed by atoms with E-state index in [1.807, 2.05) is 0 Å². The van der Waals surface area contributed by atoms with E-state index in [-0.39, 0.29) is 5.41 Å². The standard InChI is InChI=1S/C26H17BrO/c27-18-13-14-20-19-8-2-1-7-17(19)16-26(23(20)15-18)21-9-3-5-11-24(21)28-25-12-6-4-10-22(25)26/h1-15H,16H2. The van der Waals surface area contributed by atoms with Gasteiger partial charge < -0.3 is 4.74 Å². The lowest BCUT2D eigenvalue weighted by Crippen LogP contribution is -2.37. The number of rotatable bonds is 0. The van der Waals surface area contributed by atoms with Gasteiger partial charge in [0.05, 0.1) is 5.41 Å². The second-order valence-corrected chi connectivity index (χ2v) is 8.44. The van der Waals surface area contributed by atoms with Crippen LogP contribution in [-0.2, 0) is 11.8 Å². The molecule has 1 spiro atoms. The lowest BCUT2D eigenvalue weighted by atomic mass is 9.60. The highest BCUT2D eigenvalue weighted by molar-refractivity contribution is 9.10. The van der Waals surface area contributed by atoms with E-state index in [0.29, 0.717) is 0 Å². The summed E-state index contributed by atoms with van der Waals surface area (Å²) in [6.07, 6.45) is 0.921. The molecule has 1 heterocycles. The first-order chi connectivity index (χ1) is 13.8. The highest BCUT2D eigenvalue weighted by Crippen LogP contribution is 2.57. The first-order valence-corrected chi connectivity index (χ1v) is 10.3. The van der Waals surface area contributed by atoms with Crippen molar-refractivity contribution in [3.05, 3.63) is 118 Å². The summed E-state index contributed by atoms with van der Waals surface area (Å²) in [6.45, 7) is 0. The Kier molecular flexibility index (Phi) is 3.36. The molecule has 1 aliphatic carbocycles. The molecular weight excluding hydrogens is 408 g/mol. The Bertz CT molecular complexity index is 1200. The summed E-state index contributed by atoms with van der Waals surface area (Å²) in [4.78, 5) is 0. The van der Waals surface area contributed by atoms with Crippen molar-refractivity contribution in [2.45, 2.75) is 11.8 Å². The molecule has 4 aromatic rings. The van der Waals surface area contributed by atoms with Gasteiger partial charge in [0, 0.05) is 15.6 Å². The summed E-state index contributed by atoms with van der Waals surface area (Å²) in [5, 5.41) is 0. The van der Waals surface area contributed by atoms with Crippen LogP contribution in [-0.4, -0.2) is 0 Å². The molecule has 0 fully saturated rings. The fraction of sp³-hybridized carbons (Fsp3) is 0.0769. The lowest BCUT2D eigenvalue weighted by molar-refractivity contribution is 0.414. The Morgan fingerprint density at radius 1 is 0.643 bits per heavy atom. The van der Waals surface area contributed by atoms with Crippen molar-refractivity contribution in [1.82, 2.24) is 0 Å². The topological polar surface area (TPSA) is 9.23 Å². The van der Waals surface area contributed by atoms with E-state index in [9.17, 15) is 0 Å². The summed E-state index contributed by atoms with van der Waals surface area (Å²) in [5.41, 5.74) is 7.56. The second kappa shape index (κ2) is 5.83. The Morgan fingerprint density at radius 3 is 2.04 bits per heavy atom. The van der Waals surface area contributed by atoms with Crippen LogP contribution in [0.5, 0.6) is 11.5 Å². The molecule has 0 aromatic heterocycles. The van der Waals surface area contributed by atoms with Gasteiger partial charge in [-0.05, 0) is 52.9 Å². The monoisotopic (exact) mass is 424 g/mol. The third-order valence-electron chi connectivity index (χ3n) is 6.12. The summed E-state index contributed by atoms with van der Waals surface area (Å²) in [7, 11) is 0. The van der Waals surface area contributed by atoms with Crippen LogP contribution in [0.2, 0.25) is 0 Å². The summed E-state index contributed by atoms with van der Waals surface area (Å²) in [6, 6.07) is 32.5. The molecule has 0 amide bonds. The van der Waals surface area contributed by atoms with Gasteiger partial charge in [0.1, 0.15) is 11.5 Å². The van der Waals surface area contributed by atoms with Gasteiger partial charge in [-0.3, -0.25) is 0 Å². The molecule has 134 valence electrons. The van der Waals surface area contributed by atoms with Crippen molar-refractivity contribution >= 4 is 15.9 Å². The quantitative estimate of drug-likeness (QED) is 0.292. The van der Waals surface area contributed by atoms with Crippen LogP contribution in [0.3, 0.4) is 0 Å². The number of fused-ring (bicyclic) bond motifs is 8. The van der Waals surface area contributed by atoms with Crippen LogP contribution in [0.4, 0.5) is 0 Å². The van der Waals surface area contributed by atoms with Crippen molar-refractivity contribution in [3.8, 4) is 22.6 Å². The first-order valence-electron chi connectivity index (χ1n) is 9.52. The zero-order chi connectivity index (χ0) is 18.7. The number of hydrogen-bond donors (Lipinski definition) is 0. The highest BCUT2D eigenvalue weighted by Gasteiger charge is 2.47. The van der Waals surface area contributed by atoms with Gasteiger partial charge >= 0.3 is 0 Å². The van der Waals surface area contributed by atoms with E-state index in [0.717, 1.165) is 22.4 Å². The molecule has 0 atom stereocenters. The molecule has 4 aromatic carbocycles. The van der Waals surface area contributed by atoms with E-state index in [2.05, 4.69) is 107 Å². The van der Waals surface area contributed by atoms with E-state index in [4.69, 9.17) is 4.74 Å². The van der Waals surface area contributed by atoms with E-state index in [1.165, 1.54) is 33.4 Å². The van der Waals surface area contributed by atoms with E-state index in [1.54, 1.807) is 0 Å². The van der Waals surface area contributed by atoms with Crippen LogP contribution in [0, 0.1) is 0 Å². The molecule has 0 unspecified atom stereocenters. The zero-order valence-corrected chi connectivity index (χ0v) is 16.7. The number of halogens is 1. The maximum absolute atomic E-state index is 6.33. The third kappa shape index (κ3) is 2.07. The number of hydrogen-bond acceptors (Lipinski definition) is 1. The van der Waals surface area contributed by atoms with Crippen LogP contribution in [0.25, 0.3) is 11.1 Å². The van der Waals surface area contributed by atoms with Crippen LogP contribution in [0.15, 0.2) is 95.5 Å². The maximum Gasteiger partial charge on any atom is 0.131 e. The molecular formula is C26H17BrO. The summed E-state index contributed by atoms with van der Waals surface area (Å²) in [5.74, 6) is 1.90. The molecule has 0 radical (unpaired) electrons. The van der Waals surface area contributed by atoms with Gasteiger partial charge in [0.25, 0.3) is 0 Å². The first kappa shape index (κ1) is 16.1. The number of benzene rings is 4. The molecule has 0 bridgehead atoms. The molecule has 0 N–H and O–H groups in total. The lowest BCUT2D eigenvalue weighted by Gasteiger charge is -2.45. The van der Waals surface area contributed by atoms with Gasteiger partial charge in [-0.25, -0.2) is 0 Å². The minimum Gasteiger partial charge on any atom is -0.457 e. The van der Waals surface area contributed by atoms with Gasteiger partial charge in [0.15, 0.2) is 0 Å². The minimum absolute atomic E-state index is 0.265. The van der Waals surface area contributed by atoms with Crippen molar-refractivity contribution in [2.75, 3.05) is 0 Å². The highest BCUT2D eigenvalue weighted by atomic mass is 79.9. The molecule has 1 aliphatic heterocycles.